The van der Waals surface area contributed by atoms with Gasteiger partial charge in [0.15, 0.2) is 5.69 Å². The zero-order chi connectivity index (χ0) is 32.1. The van der Waals surface area contributed by atoms with E-state index in [0.29, 0.717) is 51.7 Å². The lowest BCUT2D eigenvalue weighted by Gasteiger charge is -2.55. The molecule has 5 fully saturated rings. The first kappa shape index (κ1) is 32.5. The van der Waals surface area contributed by atoms with Crippen molar-refractivity contribution in [3.63, 3.8) is 0 Å². The van der Waals surface area contributed by atoms with E-state index in [9.17, 15) is 14.4 Å². The number of carbonyl (C=O) groups is 3. The van der Waals surface area contributed by atoms with E-state index in [-0.39, 0.29) is 41.7 Å². The molecule has 1 aromatic heterocycles. The van der Waals surface area contributed by atoms with E-state index >= 15 is 0 Å². The quantitative estimate of drug-likeness (QED) is 0.337. The van der Waals surface area contributed by atoms with E-state index in [0.717, 1.165) is 62.9 Å². The molecule has 0 atom stereocenters. The van der Waals surface area contributed by atoms with Crippen LogP contribution in [-0.2, 0) is 25.5 Å². The van der Waals surface area contributed by atoms with Gasteiger partial charge < -0.3 is 24.8 Å². The van der Waals surface area contributed by atoms with Crippen molar-refractivity contribution in [2.24, 2.45) is 0 Å². The maximum Gasteiger partial charge on any atom is 0.317 e. The molecule has 1 aliphatic carbocycles. The molecule has 0 unspecified atom stereocenters. The van der Waals surface area contributed by atoms with Gasteiger partial charge in [0.05, 0.1) is 44.2 Å². The molecule has 0 radical (unpaired) electrons. The lowest BCUT2D eigenvalue weighted by atomic mass is 9.71. The van der Waals surface area contributed by atoms with Gasteiger partial charge in [0.2, 0.25) is 5.91 Å². The number of carboxylic acids is 1. The van der Waals surface area contributed by atoms with Crippen molar-refractivity contribution < 1.29 is 29.0 Å². The fourth-order valence-corrected chi connectivity index (χ4v) is 7.14. The third-order valence-electron chi connectivity index (χ3n) is 10.1. The van der Waals surface area contributed by atoms with E-state index < -0.39 is 5.97 Å². The number of anilines is 1. The number of piperazine rings is 1. The molecule has 2 bridgehead atoms. The number of hydrogen-bond acceptors (Lipinski definition) is 9. The van der Waals surface area contributed by atoms with Crippen molar-refractivity contribution in [3.05, 3.63) is 47.8 Å². The van der Waals surface area contributed by atoms with Crippen molar-refractivity contribution in [3.8, 4) is 11.1 Å². The summed E-state index contributed by atoms with van der Waals surface area (Å²) >= 11 is 0. The van der Waals surface area contributed by atoms with Crippen molar-refractivity contribution in [2.45, 2.75) is 50.2 Å². The van der Waals surface area contributed by atoms with Gasteiger partial charge >= 0.3 is 5.97 Å². The van der Waals surface area contributed by atoms with Crippen LogP contribution < -0.4 is 10.6 Å². The Morgan fingerprint density at radius 1 is 0.957 bits per heavy atom. The van der Waals surface area contributed by atoms with Gasteiger partial charge in [-0.15, -0.1) is 0 Å². The number of aryl methyl sites for hydroxylation is 1. The third-order valence-corrected chi connectivity index (χ3v) is 10.1. The second kappa shape index (κ2) is 14.1. The lowest BCUT2D eigenvalue weighted by Crippen LogP contribution is -2.65. The number of pyridine rings is 1. The van der Waals surface area contributed by atoms with Gasteiger partial charge in [-0.25, -0.2) is 4.98 Å². The topological polar surface area (TPSA) is 137 Å². The number of hydrogen-bond donors (Lipinski definition) is 3. The van der Waals surface area contributed by atoms with E-state index in [1.54, 1.807) is 6.20 Å². The van der Waals surface area contributed by atoms with Gasteiger partial charge in [-0.2, -0.15) is 0 Å². The number of nitrogens with zero attached hydrogens (tertiary/aromatic N) is 4. The monoisotopic (exact) mass is 634 g/mol. The lowest BCUT2D eigenvalue weighted by molar-refractivity contribution is -0.173. The molecule has 12 nitrogen and oxygen atoms in total. The summed E-state index contributed by atoms with van der Waals surface area (Å²) in [4.78, 5) is 49.0. The number of ether oxygens (including phenoxy) is 2. The van der Waals surface area contributed by atoms with Crippen LogP contribution in [0.4, 0.5) is 5.69 Å². The summed E-state index contributed by atoms with van der Waals surface area (Å²) in [6.45, 7) is 8.78. The van der Waals surface area contributed by atoms with Gasteiger partial charge in [0, 0.05) is 63.1 Å². The number of rotatable bonds is 11. The average molecular weight is 635 g/mol. The van der Waals surface area contributed by atoms with Crippen molar-refractivity contribution in [2.75, 3.05) is 84.0 Å². The Morgan fingerprint density at radius 2 is 1.72 bits per heavy atom. The van der Waals surface area contributed by atoms with Gasteiger partial charge in [-0.1, -0.05) is 31.2 Å². The smallest absolute Gasteiger partial charge is 0.317 e. The number of aliphatic carboxylic acids is 1. The Bertz CT molecular complexity index is 1400. The molecular formula is C34H46N6O6. The molecule has 46 heavy (non-hydrogen) atoms. The van der Waals surface area contributed by atoms with Gasteiger partial charge in [-0.3, -0.25) is 29.5 Å². The Kier molecular flexibility index (Phi) is 10.00. The molecule has 2 amide bonds. The maximum atomic E-state index is 13.9. The third kappa shape index (κ3) is 7.58. The second-order valence-electron chi connectivity index (χ2n) is 13.2. The Labute approximate surface area is 270 Å². The normalized spacial score (nSPS) is 25.4. The van der Waals surface area contributed by atoms with Crippen LogP contribution >= 0.6 is 0 Å². The Hall–Kier alpha value is -3.42. The number of amides is 2. The summed E-state index contributed by atoms with van der Waals surface area (Å²) in [5.74, 6) is -1.21. The zero-order valence-corrected chi connectivity index (χ0v) is 26.8. The first-order valence-electron chi connectivity index (χ1n) is 16.6. The number of morpholine rings is 1. The highest BCUT2D eigenvalue weighted by Gasteiger charge is 2.50. The number of aromatic nitrogens is 1. The van der Waals surface area contributed by atoms with Gasteiger partial charge in [-0.05, 0) is 49.3 Å². The molecule has 7 rings (SSSR count). The molecule has 0 spiro atoms. The number of carboxylic acid groups (broad SMARTS) is 1. The predicted molar refractivity (Wildman–Crippen MR) is 173 cm³/mol. The van der Waals surface area contributed by atoms with E-state index in [2.05, 4.69) is 44.5 Å². The first-order valence-corrected chi connectivity index (χ1v) is 16.6. The molecule has 1 saturated carbocycles. The highest BCUT2D eigenvalue weighted by molar-refractivity contribution is 6.03. The highest BCUT2D eigenvalue weighted by atomic mass is 16.5. The van der Waals surface area contributed by atoms with Gasteiger partial charge in [0.25, 0.3) is 5.91 Å². The molecule has 4 aliphatic heterocycles. The summed E-state index contributed by atoms with van der Waals surface area (Å²) < 4.78 is 11.8. The van der Waals surface area contributed by atoms with Crippen molar-refractivity contribution in [1.82, 2.24) is 25.0 Å². The molecular weight excluding hydrogens is 588 g/mol. The molecule has 3 N–H and O–H groups in total. The summed E-state index contributed by atoms with van der Waals surface area (Å²) in [6.07, 6.45) is 6.23. The minimum absolute atomic E-state index is 0.0464. The maximum absolute atomic E-state index is 13.9. The fraction of sp³-hybridized carbons (Fsp3) is 0.588. The van der Waals surface area contributed by atoms with Crippen molar-refractivity contribution in [1.29, 1.82) is 0 Å². The van der Waals surface area contributed by atoms with Gasteiger partial charge in [0.1, 0.15) is 0 Å². The number of benzene rings is 1. The van der Waals surface area contributed by atoms with E-state index in [4.69, 9.17) is 14.6 Å². The summed E-state index contributed by atoms with van der Waals surface area (Å²) in [5.41, 5.74) is 3.27. The standard InChI is InChI=1S/C34H46N6O6/c1-2-25-4-3-5-26(18-25)27-19-28(37-29(41)22-38-14-16-45-17-15-38)31(35-20-27)32(44)40-12-10-39(11-13-40)23-34-8-6-33(7-9-34,24-46-34)36-21-30(42)43/h3-5,18-20,36H,2,6-17,21-24H2,1H3,(H,37,41)(H,42,43). The van der Waals surface area contributed by atoms with Crippen LogP contribution in [0.3, 0.4) is 0 Å². The van der Waals surface area contributed by atoms with Crippen LogP contribution in [0.25, 0.3) is 11.1 Å². The minimum atomic E-state index is -0.848. The highest BCUT2D eigenvalue weighted by Crippen LogP contribution is 2.44. The molecule has 5 heterocycles. The van der Waals surface area contributed by atoms with Crippen LogP contribution in [0.15, 0.2) is 36.5 Å². The van der Waals surface area contributed by atoms with Crippen LogP contribution in [0.1, 0.15) is 48.7 Å². The molecule has 12 heteroatoms. The predicted octanol–water partition coefficient (Wildman–Crippen LogP) is 2.10. The van der Waals surface area contributed by atoms with E-state index in [1.165, 1.54) is 5.56 Å². The first-order chi connectivity index (χ1) is 22.3. The molecule has 1 aromatic carbocycles. The average Bonchev–Trinajstić information content (AvgIpc) is 3.09. The summed E-state index contributed by atoms with van der Waals surface area (Å²) in [7, 11) is 0. The molecule has 2 aromatic rings. The van der Waals surface area contributed by atoms with E-state index in [1.807, 2.05) is 23.1 Å². The van der Waals surface area contributed by atoms with Crippen LogP contribution in [-0.4, -0.2) is 132 Å². The number of fused-ring (bicyclic) bond motifs is 3. The number of carbonyl (C=O) groups excluding carboxylic acids is 2. The van der Waals surface area contributed by atoms with Crippen LogP contribution in [0.2, 0.25) is 0 Å². The fourth-order valence-electron chi connectivity index (χ4n) is 7.14. The largest absolute Gasteiger partial charge is 0.480 e. The minimum Gasteiger partial charge on any atom is -0.480 e. The van der Waals surface area contributed by atoms with Crippen molar-refractivity contribution >= 4 is 23.5 Å². The SMILES string of the molecule is CCc1cccc(-c2cnc(C(=O)N3CCN(CC45CCC(NCC(=O)O)(CC4)CO5)CC3)c(NC(=O)CN3CCOCC3)c2)c1. The summed E-state index contributed by atoms with van der Waals surface area (Å²) in [6, 6.07) is 10.1. The van der Waals surface area contributed by atoms with Crippen LogP contribution in [0, 0.1) is 0 Å². The second-order valence-corrected chi connectivity index (χ2v) is 13.2. The molecule has 4 saturated heterocycles. The number of nitrogens with one attached hydrogen (secondary N) is 2. The summed E-state index contributed by atoms with van der Waals surface area (Å²) in [5, 5.41) is 15.3. The Balaban J connectivity index is 1.11. The zero-order valence-electron chi connectivity index (χ0n) is 26.8. The molecule has 5 aliphatic rings. The Morgan fingerprint density at radius 3 is 2.39 bits per heavy atom. The molecule has 248 valence electrons. The van der Waals surface area contributed by atoms with Crippen LogP contribution in [0.5, 0.6) is 0 Å².